The van der Waals surface area contributed by atoms with Gasteiger partial charge in [-0.15, -0.1) is 0 Å². The van der Waals surface area contributed by atoms with Crippen LogP contribution in [0.25, 0.3) is 0 Å². The fourth-order valence-electron chi connectivity index (χ4n) is 3.02. The van der Waals surface area contributed by atoms with Gasteiger partial charge in [0.2, 0.25) is 5.91 Å². The van der Waals surface area contributed by atoms with Crippen molar-refractivity contribution in [3.05, 3.63) is 48.0 Å². The summed E-state index contributed by atoms with van der Waals surface area (Å²) < 4.78 is 5.82. The van der Waals surface area contributed by atoms with Gasteiger partial charge >= 0.3 is 0 Å². The van der Waals surface area contributed by atoms with Crippen LogP contribution < -0.4 is 20.7 Å². The number of amides is 1. The first-order valence-electron chi connectivity index (χ1n) is 8.63. The van der Waals surface area contributed by atoms with Gasteiger partial charge in [0.1, 0.15) is 11.9 Å². The molecular weight excluding hydrogens is 314 g/mol. The van der Waals surface area contributed by atoms with E-state index in [9.17, 15) is 4.79 Å². The maximum Gasteiger partial charge on any atom is 0.243 e. The first-order chi connectivity index (χ1) is 11.9. The minimum Gasteiger partial charge on any atom is -0.487 e. The van der Waals surface area contributed by atoms with Gasteiger partial charge in [-0.3, -0.25) is 4.79 Å². The molecular formula is C20H25N3O2. The number of hydrogen-bond donors (Lipinski definition) is 2. The van der Waals surface area contributed by atoms with Crippen molar-refractivity contribution in [1.82, 2.24) is 0 Å². The highest BCUT2D eigenvalue weighted by Crippen LogP contribution is 2.34. The van der Waals surface area contributed by atoms with Gasteiger partial charge in [0, 0.05) is 17.4 Å². The lowest BCUT2D eigenvalue weighted by Gasteiger charge is -2.34. The van der Waals surface area contributed by atoms with E-state index in [1.165, 1.54) is 5.56 Å². The molecule has 5 heteroatoms. The Morgan fingerprint density at radius 3 is 2.68 bits per heavy atom. The Morgan fingerprint density at radius 2 is 2.00 bits per heavy atom. The normalized spacial score (nSPS) is 16.3. The molecule has 2 aromatic rings. The zero-order valence-electron chi connectivity index (χ0n) is 15.0. The Balaban J connectivity index is 1.69. The summed E-state index contributed by atoms with van der Waals surface area (Å²) >= 11 is 0. The van der Waals surface area contributed by atoms with E-state index in [2.05, 4.69) is 31.3 Å². The van der Waals surface area contributed by atoms with Gasteiger partial charge in [-0.2, -0.15) is 0 Å². The summed E-state index contributed by atoms with van der Waals surface area (Å²) in [5.41, 5.74) is 9.46. The molecule has 25 heavy (non-hydrogen) atoms. The molecule has 1 amide bonds. The summed E-state index contributed by atoms with van der Waals surface area (Å²) in [6, 6.07) is 13.5. The van der Waals surface area contributed by atoms with Crippen molar-refractivity contribution in [3.63, 3.8) is 0 Å². The Bertz CT molecular complexity index is 756. The van der Waals surface area contributed by atoms with E-state index in [-0.39, 0.29) is 18.6 Å². The largest absolute Gasteiger partial charge is 0.487 e. The van der Waals surface area contributed by atoms with Crippen molar-refractivity contribution in [2.75, 3.05) is 29.0 Å². The highest BCUT2D eigenvalue weighted by atomic mass is 16.5. The first kappa shape index (κ1) is 17.1. The minimum absolute atomic E-state index is 0.00688. The highest BCUT2D eigenvalue weighted by Gasteiger charge is 2.24. The van der Waals surface area contributed by atoms with E-state index in [1.807, 2.05) is 36.1 Å². The number of nitrogen functional groups attached to an aromatic ring is 1. The van der Waals surface area contributed by atoms with Crippen LogP contribution in [0.2, 0.25) is 0 Å². The third-order valence-electron chi connectivity index (χ3n) is 4.33. The molecule has 0 aliphatic carbocycles. The van der Waals surface area contributed by atoms with Gasteiger partial charge in [0.15, 0.2) is 0 Å². The summed E-state index contributed by atoms with van der Waals surface area (Å²) in [4.78, 5) is 14.5. The van der Waals surface area contributed by atoms with E-state index >= 15 is 0 Å². The SMILES string of the molecule is CC1CN(CC(=O)Nc2ccc(C(C)C)cc2)c2ccc(N)cc2O1. The maximum absolute atomic E-state index is 12.5. The van der Waals surface area contributed by atoms with Crippen LogP contribution in [0.5, 0.6) is 5.75 Å². The van der Waals surface area contributed by atoms with Crippen LogP contribution in [0, 0.1) is 0 Å². The molecule has 3 rings (SSSR count). The minimum atomic E-state index is -0.0471. The van der Waals surface area contributed by atoms with Crippen LogP contribution in [-0.2, 0) is 4.79 Å². The number of carbonyl (C=O) groups is 1. The van der Waals surface area contributed by atoms with Gasteiger partial charge in [-0.05, 0) is 42.7 Å². The smallest absolute Gasteiger partial charge is 0.243 e. The summed E-state index contributed by atoms with van der Waals surface area (Å²) in [5.74, 6) is 1.16. The molecule has 1 heterocycles. The zero-order chi connectivity index (χ0) is 18.0. The van der Waals surface area contributed by atoms with Crippen LogP contribution in [0.1, 0.15) is 32.3 Å². The molecule has 1 unspecified atom stereocenters. The number of anilines is 3. The quantitative estimate of drug-likeness (QED) is 0.835. The van der Waals surface area contributed by atoms with Crippen LogP contribution in [0.4, 0.5) is 17.1 Å². The molecule has 5 nitrogen and oxygen atoms in total. The number of fused-ring (bicyclic) bond motifs is 1. The molecule has 0 saturated carbocycles. The van der Waals surface area contributed by atoms with Crippen LogP contribution in [0.15, 0.2) is 42.5 Å². The van der Waals surface area contributed by atoms with Crippen molar-refractivity contribution in [1.29, 1.82) is 0 Å². The Hall–Kier alpha value is -2.69. The standard InChI is InChI=1S/C20H25N3O2/c1-13(2)15-4-7-17(8-5-15)22-20(24)12-23-11-14(3)25-19-10-16(21)6-9-18(19)23/h4-10,13-14H,11-12,21H2,1-3H3,(H,22,24). The molecule has 0 fully saturated rings. The van der Waals surface area contributed by atoms with Gasteiger partial charge < -0.3 is 20.7 Å². The topological polar surface area (TPSA) is 67.6 Å². The van der Waals surface area contributed by atoms with E-state index < -0.39 is 0 Å². The predicted molar refractivity (Wildman–Crippen MR) is 102 cm³/mol. The third kappa shape index (κ3) is 4.05. The molecule has 132 valence electrons. The van der Waals surface area contributed by atoms with Crippen molar-refractivity contribution < 1.29 is 9.53 Å². The monoisotopic (exact) mass is 339 g/mol. The molecule has 2 aromatic carbocycles. The van der Waals surface area contributed by atoms with Crippen molar-refractivity contribution in [2.24, 2.45) is 0 Å². The lowest BCUT2D eigenvalue weighted by molar-refractivity contribution is -0.115. The zero-order valence-corrected chi connectivity index (χ0v) is 15.0. The predicted octanol–water partition coefficient (Wildman–Crippen LogP) is 3.62. The second-order valence-electron chi connectivity index (χ2n) is 6.86. The Kier molecular flexibility index (Phi) is 4.83. The van der Waals surface area contributed by atoms with Gasteiger partial charge in [0.25, 0.3) is 0 Å². The third-order valence-corrected chi connectivity index (χ3v) is 4.33. The molecule has 1 aliphatic rings. The number of nitrogens with zero attached hydrogens (tertiary/aromatic N) is 1. The second-order valence-corrected chi connectivity index (χ2v) is 6.86. The summed E-state index contributed by atoms with van der Waals surface area (Å²) in [6.45, 7) is 7.23. The average Bonchev–Trinajstić information content (AvgIpc) is 2.54. The molecule has 0 aromatic heterocycles. The molecule has 0 spiro atoms. The van der Waals surface area contributed by atoms with E-state index in [0.29, 0.717) is 18.2 Å². The Morgan fingerprint density at radius 1 is 1.28 bits per heavy atom. The van der Waals surface area contributed by atoms with Crippen molar-refractivity contribution >= 4 is 23.0 Å². The Labute approximate surface area is 148 Å². The van der Waals surface area contributed by atoms with E-state index in [1.54, 1.807) is 6.07 Å². The first-order valence-corrected chi connectivity index (χ1v) is 8.63. The number of carbonyl (C=O) groups excluding carboxylic acids is 1. The number of benzene rings is 2. The summed E-state index contributed by atoms with van der Waals surface area (Å²) in [6.07, 6.45) is 0.00688. The lowest BCUT2D eigenvalue weighted by atomic mass is 10.0. The number of ether oxygens (including phenoxy) is 1. The summed E-state index contributed by atoms with van der Waals surface area (Å²) in [5, 5.41) is 2.97. The fourth-order valence-corrected chi connectivity index (χ4v) is 3.02. The molecule has 0 saturated heterocycles. The van der Waals surface area contributed by atoms with Crippen LogP contribution in [-0.4, -0.2) is 25.1 Å². The van der Waals surface area contributed by atoms with Gasteiger partial charge in [-0.25, -0.2) is 0 Å². The van der Waals surface area contributed by atoms with E-state index in [4.69, 9.17) is 10.5 Å². The number of nitrogens with one attached hydrogen (secondary N) is 1. The van der Waals surface area contributed by atoms with Crippen LogP contribution in [0.3, 0.4) is 0 Å². The highest BCUT2D eigenvalue weighted by molar-refractivity contribution is 5.94. The van der Waals surface area contributed by atoms with Gasteiger partial charge in [-0.1, -0.05) is 26.0 Å². The molecule has 3 N–H and O–H groups in total. The second kappa shape index (κ2) is 7.05. The van der Waals surface area contributed by atoms with Crippen molar-refractivity contribution in [2.45, 2.75) is 32.8 Å². The molecule has 1 aliphatic heterocycles. The maximum atomic E-state index is 12.5. The lowest BCUT2D eigenvalue weighted by Crippen LogP contribution is -2.42. The van der Waals surface area contributed by atoms with Crippen molar-refractivity contribution in [3.8, 4) is 5.75 Å². The van der Waals surface area contributed by atoms with E-state index in [0.717, 1.165) is 17.1 Å². The molecule has 0 radical (unpaired) electrons. The number of nitrogens with two attached hydrogens (primary N) is 1. The summed E-state index contributed by atoms with van der Waals surface area (Å²) in [7, 11) is 0. The average molecular weight is 339 g/mol. The number of rotatable bonds is 4. The number of hydrogen-bond acceptors (Lipinski definition) is 4. The van der Waals surface area contributed by atoms with Crippen LogP contribution >= 0.6 is 0 Å². The molecule has 0 bridgehead atoms. The molecule has 1 atom stereocenters. The van der Waals surface area contributed by atoms with Gasteiger partial charge in [0.05, 0.1) is 18.8 Å². The fraction of sp³-hybridized carbons (Fsp3) is 0.350.